The second kappa shape index (κ2) is 8.06. The van der Waals surface area contributed by atoms with Gasteiger partial charge in [-0.05, 0) is 24.3 Å². The number of carbonyl (C=O) groups is 1. The number of rotatable bonds is 5. The molecule has 0 fully saturated rings. The topological polar surface area (TPSA) is 121 Å². The maximum absolute atomic E-state index is 12.9. The number of aromatic nitrogens is 5. The Hall–Kier alpha value is -4.34. The summed E-state index contributed by atoms with van der Waals surface area (Å²) in [5.41, 5.74) is 1.49. The number of pyridine rings is 1. The normalized spacial score (nSPS) is 11.3. The molecule has 0 unspecified atom stereocenters. The Labute approximate surface area is 183 Å². The quantitative estimate of drug-likeness (QED) is 0.378. The zero-order chi connectivity index (χ0) is 22.9. The number of hydrogen-bond acceptors (Lipinski definition) is 6. The van der Waals surface area contributed by atoms with E-state index in [9.17, 15) is 14.9 Å². The molecule has 10 nitrogen and oxygen atoms in total. The van der Waals surface area contributed by atoms with E-state index in [1.807, 2.05) is 45.0 Å². The standard InChI is InChI=1S/C22H21N7O3/c1-22(2,3)18-12-20(28(26-18)19-6-4-5-11-23-19)25-21(30)15-13-24-27(14-15)16-7-9-17(10-8-16)29(31)32/h4-14H,1-3H3,(H,25,30). The van der Waals surface area contributed by atoms with Gasteiger partial charge < -0.3 is 5.32 Å². The van der Waals surface area contributed by atoms with Crippen molar-refractivity contribution in [3.05, 3.63) is 88.5 Å². The van der Waals surface area contributed by atoms with E-state index in [0.29, 0.717) is 22.9 Å². The van der Waals surface area contributed by atoms with Crippen molar-refractivity contribution in [1.29, 1.82) is 0 Å². The predicted octanol–water partition coefficient (Wildman–Crippen LogP) is 3.91. The molecule has 1 N–H and O–H groups in total. The van der Waals surface area contributed by atoms with E-state index < -0.39 is 4.92 Å². The molecule has 4 aromatic rings. The SMILES string of the molecule is CC(C)(C)c1cc(NC(=O)c2cnn(-c3ccc([N+](=O)[O-])cc3)c2)n(-c2ccccn2)n1. The molecule has 0 spiro atoms. The van der Waals surface area contributed by atoms with Gasteiger partial charge in [-0.2, -0.15) is 14.9 Å². The van der Waals surface area contributed by atoms with Crippen LogP contribution in [-0.2, 0) is 5.41 Å². The minimum absolute atomic E-state index is 0.0173. The second-order valence-electron chi connectivity index (χ2n) is 8.17. The van der Waals surface area contributed by atoms with Gasteiger partial charge in [0.2, 0.25) is 0 Å². The largest absolute Gasteiger partial charge is 0.306 e. The van der Waals surface area contributed by atoms with Crippen LogP contribution >= 0.6 is 0 Å². The molecule has 1 amide bonds. The number of benzene rings is 1. The molecular formula is C22H21N7O3. The van der Waals surface area contributed by atoms with E-state index in [1.165, 1.54) is 23.0 Å². The average Bonchev–Trinajstić information content (AvgIpc) is 3.42. The fourth-order valence-corrected chi connectivity index (χ4v) is 2.99. The minimum Gasteiger partial charge on any atom is -0.306 e. The lowest BCUT2D eigenvalue weighted by Gasteiger charge is -2.13. The third-order valence-corrected chi connectivity index (χ3v) is 4.76. The maximum Gasteiger partial charge on any atom is 0.269 e. The Morgan fingerprint density at radius 3 is 2.50 bits per heavy atom. The van der Waals surface area contributed by atoms with Gasteiger partial charge in [-0.1, -0.05) is 26.8 Å². The van der Waals surface area contributed by atoms with Crippen LogP contribution in [0.1, 0.15) is 36.8 Å². The van der Waals surface area contributed by atoms with E-state index in [1.54, 1.807) is 29.2 Å². The van der Waals surface area contributed by atoms with E-state index >= 15 is 0 Å². The van der Waals surface area contributed by atoms with E-state index in [-0.39, 0.29) is 17.0 Å². The van der Waals surface area contributed by atoms with Gasteiger partial charge in [0.15, 0.2) is 5.82 Å². The minimum atomic E-state index is -0.470. The first-order chi connectivity index (χ1) is 15.2. The summed E-state index contributed by atoms with van der Waals surface area (Å²) in [6.45, 7) is 6.12. The summed E-state index contributed by atoms with van der Waals surface area (Å²) < 4.78 is 3.08. The van der Waals surface area contributed by atoms with Gasteiger partial charge in [-0.25, -0.2) is 9.67 Å². The number of nitro groups is 1. The van der Waals surface area contributed by atoms with Crippen LogP contribution in [0.3, 0.4) is 0 Å². The van der Waals surface area contributed by atoms with E-state index in [4.69, 9.17) is 0 Å². The summed E-state index contributed by atoms with van der Waals surface area (Å²) >= 11 is 0. The van der Waals surface area contributed by atoms with Crippen molar-refractivity contribution in [3.63, 3.8) is 0 Å². The fraction of sp³-hybridized carbons (Fsp3) is 0.182. The molecule has 3 aromatic heterocycles. The highest BCUT2D eigenvalue weighted by atomic mass is 16.6. The molecule has 0 aliphatic rings. The van der Waals surface area contributed by atoms with Crippen molar-refractivity contribution in [3.8, 4) is 11.5 Å². The Kier molecular flexibility index (Phi) is 5.27. The monoisotopic (exact) mass is 431 g/mol. The van der Waals surface area contributed by atoms with Crippen LogP contribution in [0.15, 0.2) is 67.1 Å². The number of amides is 1. The van der Waals surface area contributed by atoms with Gasteiger partial charge in [0.1, 0.15) is 5.82 Å². The average molecular weight is 431 g/mol. The van der Waals surface area contributed by atoms with E-state index in [0.717, 1.165) is 5.69 Å². The smallest absolute Gasteiger partial charge is 0.269 e. The molecule has 4 rings (SSSR count). The lowest BCUT2D eigenvalue weighted by molar-refractivity contribution is -0.384. The lowest BCUT2D eigenvalue weighted by atomic mass is 9.92. The highest BCUT2D eigenvalue weighted by Gasteiger charge is 2.22. The van der Waals surface area contributed by atoms with Crippen molar-refractivity contribution >= 4 is 17.4 Å². The van der Waals surface area contributed by atoms with Crippen LogP contribution in [0.5, 0.6) is 0 Å². The number of nitrogens with one attached hydrogen (secondary N) is 1. The first-order valence-corrected chi connectivity index (χ1v) is 9.85. The van der Waals surface area contributed by atoms with Crippen LogP contribution in [0.25, 0.3) is 11.5 Å². The Morgan fingerprint density at radius 1 is 1.12 bits per heavy atom. The van der Waals surface area contributed by atoms with Crippen molar-refractivity contribution < 1.29 is 9.72 Å². The van der Waals surface area contributed by atoms with Gasteiger partial charge in [0, 0.05) is 36.0 Å². The first kappa shape index (κ1) is 20.9. The third kappa shape index (κ3) is 4.24. The Balaban J connectivity index is 1.61. The van der Waals surface area contributed by atoms with Crippen LogP contribution in [0.4, 0.5) is 11.5 Å². The molecule has 1 aromatic carbocycles. The molecule has 32 heavy (non-hydrogen) atoms. The summed E-state index contributed by atoms with van der Waals surface area (Å²) in [6, 6.07) is 13.2. The number of non-ortho nitro benzene ring substituents is 1. The number of nitro benzene ring substituents is 1. The lowest BCUT2D eigenvalue weighted by Crippen LogP contribution is -2.15. The van der Waals surface area contributed by atoms with Crippen molar-refractivity contribution in [2.75, 3.05) is 5.32 Å². The van der Waals surface area contributed by atoms with Crippen LogP contribution in [-0.4, -0.2) is 35.4 Å². The van der Waals surface area contributed by atoms with Crippen LogP contribution in [0.2, 0.25) is 0 Å². The van der Waals surface area contributed by atoms with Crippen molar-refractivity contribution in [2.45, 2.75) is 26.2 Å². The highest BCUT2D eigenvalue weighted by molar-refractivity contribution is 6.03. The summed E-state index contributed by atoms with van der Waals surface area (Å²) in [5.74, 6) is 0.706. The van der Waals surface area contributed by atoms with Gasteiger partial charge in [0.25, 0.3) is 11.6 Å². The summed E-state index contributed by atoms with van der Waals surface area (Å²) in [7, 11) is 0. The van der Waals surface area contributed by atoms with Crippen LogP contribution < -0.4 is 5.32 Å². The van der Waals surface area contributed by atoms with Crippen molar-refractivity contribution in [1.82, 2.24) is 24.5 Å². The molecule has 0 radical (unpaired) electrons. The molecule has 3 heterocycles. The second-order valence-corrected chi connectivity index (χ2v) is 8.17. The van der Waals surface area contributed by atoms with Gasteiger partial charge in [0.05, 0.1) is 28.1 Å². The number of hydrogen-bond donors (Lipinski definition) is 1. The van der Waals surface area contributed by atoms with Crippen LogP contribution in [0, 0.1) is 10.1 Å². The van der Waals surface area contributed by atoms with E-state index in [2.05, 4.69) is 20.5 Å². The molecular weight excluding hydrogens is 410 g/mol. The number of carbonyl (C=O) groups excluding carboxylic acids is 1. The zero-order valence-corrected chi connectivity index (χ0v) is 17.8. The predicted molar refractivity (Wildman–Crippen MR) is 118 cm³/mol. The molecule has 0 saturated carbocycles. The fourth-order valence-electron chi connectivity index (χ4n) is 2.99. The molecule has 10 heteroatoms. The summed E-state index contributed by atoms with van der Waals surface area (Å²) in [4.78, 5) is 27.6. The van der Waals surface area contributed by atoms with Crippen molar-refractivity contribution in [2.24, 2.45) is 0 Å². The highest BCUT2D eigenvalue weighted by Crippen LogP contribution is 2.26. The van der Waals surface area contributed by atoms with Gasteiger partial charge in [-0.3, -0.25) is 14.9 Å². The van der Waals surface area contributed by atoms with Gasteiger partial charge in [-0.15, -0.1) is 0 Å². The molecule has 0 aliphatic heterocycles. The molecule has 0 atom stereocenters. The summed E-state index contributed by atoms with van der Waals surface area (Å²) in [6.07, 6.45) is 4.65. The number of nitrogens with zero attached hydrogens (tertiary/aromatic N) is 6. The molecule has 162 valence electrons. The molecule has 0 aliphatic carbocycles. The number of anilines is 1. The first-order valence-electron chi connectivity index (χ1n) is 9.85. The molecule has 0 saturated heterocycles. The summed E-state index contributed by atoms with van der Waals surface area (Å²) in [5, 5.41) is 22.6. The maximum atomic E-state index is 12.9. The Morgan fingerprint density at radius 2 is 1.88 bits per heavy atom. The van der Waals surface area contributed by atoms with Gasteiger partial charge >= 0.3 is 0 Å². The Bertz CT molecular complexity index is 1270. The molecule has 0 bridgehead atoms. The zero-order valence-electron chi connectivity index (χ0n) is 17.8. The third-order valence-electron chi connectivity index (χ3n) is 4.76.